The number of ether oxygens (including phenoxy) is 1. The number of anilines is 2. The summed E-state index contributed by atoms with van der Waals surface area (Å²) < 4.78 is 11.4. The number of hydrogen-bond acceptors (Lipinski definition) is 4. The molecule has 4 rings (SSSR count). The molecule has 6 heteroatoms. The quantitative estimate of drug-likeness (QED) is 0.393. The number of hydrogen-bond donors (Lipinski definition) is 2. The van der Waals surface area contributed by atoms with Gasteiger partial charge in [0.05, 0.1) is 6.10 Å². The summed E-state index contributed by atoms with van der Waals surface area (Å²) in [6.07, 6.45) is 0.0431. The van der Waals surface area contributed by atoms with E-state index in [1.807, 2.05) is 57.2 Å². The van der Waals surface area contributed by atoms with Crippen molar-refractivity contribution in [2.24, 2.45) is 0 Å². The number of amides is 2. The molecule has 0 aliphatic rings. The molecular formula is C26H24N2O4. The largest absolute Gasteiger partial charge is 0.491 e. The molecule has 0 aliphatic carbocycles. The zero-order valence-corrected chi connectivity index (χ0v) is 18.1. The minimum atomic E-state index is -0.443. The fourth-order valence-electron chi connectivity index (χ4n) is 3.30. The highest BCUT2D eigenvalue weighted by atomic mass is 16.5. The molecule has 0 atom stereocenters. The third-order valence-corrected chi connectivity index (χ3v) is 4.84. The van der Waals surface area contributed by atoms with Crippen molar-refractivity contribution >= 4 is 34.2 Å². The van der Waals surface area contributed by atoms with Crippen LogP contribution in [0.3, 0.4) is 0 Å². The molecule has 1 aromatic heterocycles. The van der Waals surface area contributed by atoms with Crippen LogP contribution < -0.4 is 15.4 Å². The molecule has 32 heavy (non-hydrogen) atoms. The number of nitrogens with one attached hydrogen (secondary N) is 2. The van der Waals surface area contributed by atoms with Crippen molar-refractivity contribution in [3.8, 4) is 5.75 Å². The third-order valence-electron chi connectivity index (χ3n) is 4.84. The number of carbonyl (C=O) groups excluding carboxylic acids is 2. The van der Waals surface area contributed by atoms with E-state index in [2.05, 4.69) is 10.6 Å². The average Bonchev–Trinajstić information content (AvgIpc) is 3.14. The maximum absolute atomic E-state index is 13.0. The molecule has 0 radical (unpaired) electrons. The van der Waals surface area contributed by atoms with Gasteiger partial charge in [-0.05, 0) is 69.3 Å². The topological polar surface area (TPSA) is 80.6 Å². The van der Waals surface area contributed by atoms with E-state index in [0.29, 0.717) is 33.7 Å². The van der Waals surface area contributed by atoms with Crippen molar-refractivity contribution in [2.45, 2.75) is 26.9 Å². The summed E-state index contributed by atoms with van der Waals surface area (Å²) in [7, 11) is 0. The molecule has 162 valence electrons. The lowest BCUT2D eigenvalue weighted by molar-refractivity contribution is 0.0999. The normalized spacial score (nSPS) is 10.9. The van der Waals surface area contributed by atoms with Gasteiger partial charge >= 0.3 is 0 Å². The molecule has 0 fully saturated rings. The first-order valence-corrected chi connectivity index (χ1v) is 10.4. The van der Waals surface area contributed by atoms with Gasteiger partial charge in [0, 0.05) is 16.6 Å². The lowest BCUT2D eigenvalue weighted by Crippen LogP contribution is -2.17. The van der Waals surface area contributed by atoms with Crippen LogP contribution in [0.25, 0.3) is 11.0 Å². The van der Waals surface area contributed by atoms with Crippen molar-refractivity contribution in [3.05, 3.63) is 89.7 Å². The zero-order valence-electron chi connectivity index (χ0n) is 18.1. The van der Waals surface area contributed by atoms with Crippen LogP contribution in [0.4, 0.5) is 11.4 Å². The Hall–Kier alpha value is -4.06. The Balaban J connectivity index is 1.62. The first-order valence-electron chi connectivity index (χ1n) is 10.4. The molecule has 6 nitrogen and oxygen atoms in total. The van der Waals surface area contributed by atoms with Gasteiger partial charge in [-0.2, -0.15) is 0 Å². The summed E-state index contributed by atoms with van der Waals surface area (Å²) in [4.78, 5) is 25.9. The van der Waals surface area contributed by atoms with Crippen LogP contribution in [0.1, 0.15) is 40.3 Å². The van der Waals surface area contributed by atoms with Crippen molar-refractivity contribution in [1.82, 2.24) is 0 Å². The van der Waals surface area contributed by atoms with Gasteiger partial charge in [0.25, 0.3) is 11.8 Å². The molecule has 0 saturated carbocycles. The second-order valence-electron chi connectivity index (χ2n) is 7.77. The number of para-hydroxylation sites is 1. The van der Waals surface area contributed by atoms with Crippen LogP contribution in [0.15, 0.2) is 77.2 Å². The summed E-state index contributed by atoms with van der Waals surface area (Å²) in [5.74, 6) is -0.0681. The van der Waals surface area contributed by atoms with Crippen LogP contribution in [0.5, 0.6) is 5.75 Å². The maximum Gasteiger partial charge on any atom is 0.293 e. The predicted molar refractivity (Wildman–Crippen MR) is 126 cm³/mol. The van der Waals surface area contributed by atoms with Crippen LogP contribution in [0.2, 0.25) is 0 Å². The Morgan fingerprint density at radius 1 is 0.844 bits per heavy atom. The van der Waals surface area contributed by atoms with Gasteiger partial charge in [0.15, 0.2) is 0 Å². The molecule has 0 bridgehead atoms. The van der Waals surface area contributed by atoms with Crippen molar-refractivity contribution < 1.29 is 18.7 Å². The Kier molecular flexibility index (Phi) is 5.94. The van der Waals surface area contributed by atoms with Crippen LogP contribution >= 0.6 is 0 Å². The average molecular weight is 428 g/mol. The molecule has 0 aliphatic heterocycles. The fourth-order valence-corrected chi connectivity index (χ4v) is 3.30. The number of fused-ring (bicyclic) bond motifs is 1. The van der Waals surface area contributed by atoms with E-state index in [-0.39, 0.29) is 17.8 Å². The van der Waals surface area contributed by atoms with Crippen molar-refractivity contribution in [3.63, 3.8) is 0 Å². The molecule has 1 heterocycles. The van der Waals surface area contributed by atoms with Crippen molar-refractivity contribution in [1.29, 1.82) is 0 Å². The second kappa shape index (κ2) is 8.98. The van der Waals surface area contributed by atoms with E-state index < -0.39 is 5.91 Å². The van der Waals surface area contributed by atoms with Crippen LogP contribution in [0, 0.1) is 6.92 Å². The van der Waals surface area contributed by atoms with Gasteiger partial charge in [0.2, 0.25) is 5.76 Å². The SMILES string of the molecule is Cc1ccc(NC(=O)c2oc3ccccc3c2NC(=O)c2ccc(OC(C)C)cc2)cc1. The predicted octanol–water partition coefficient (Wildman–Crippen LogP) is 6.03. The van der Waals surface area contributed by atoms with E-state index in [1.54, 1.807) is 36.4 Å². The highest BCUT2D eigenvalue weighted by Crippen LogP contribution is 2.32. The molecule has 0 unspecified atom stereocenters. The Morgan fingerprint density at radius 2 is 1.53 bits per heavy atom. The Bertz CT molecular complexity index is 1260. The van der Waals surface area contributed by atoms with E-state index in [9.17, 15) is 9.59 Å². The van der Waals surface area contributed by atoms with Crippen LogP contribution in [-0.2, 0) is 0 Å². The lowest BCUT2D eigenvalue weighted by atomic mass is 10.1. The van der Waals surface area contributed by atoms with Crippen molar-refractivity contribution in [2.75, 3.05) is 10.6 Å². The molecule has 2 N–H and O–H groups in total. The summed E-state index contributed by atoms with van der Waals surface area (Å²) in [6.45, 7) is 5.85. The van der Waals surface area contributed by atoms with Gasteiger partial charge in [-0.1, -0.05) is 29.8 Å². The summed E-state index contributed by atoms with van der Waals surface area (Å²) in [6, 6.07) is 21.5. The Morgan fingerprint density at radius 3 is 2.22 bits per heavy atom. The zero-order chi connectivity index (χ0) is 22.7. The monoisotopic (exact) mass is 428 g/mol. The maximum atomic E-state index is 13.0. The van der Waals surface area contributed by atoms with Gasteiger partial charge in [-0.25, -0.2) is 0 Å². The minimum Gasteiger partial charge on any atom is -0.491 e. The molecule has 2 amide bonds. The van der Waals surface area contributed by atoms with E-state index in [0.717, 1.165) is 5.56 Å². The molecular weight excluding hydrogens is 404 g/mol. The van der Waals surface area contributed by atoms with E-state index >= 15 is 0 Å². The van der Waals surface area contributed by atoms with E-state index in [1.165, 1.54) is 0 Å². The summed E-state index contributed by atoms with van der Waals surface area (Å²) >= 11 is 0. The number of benzene rings is 3. The standard InChI is InChI=1S/C26H24N2O4/c1-16(2)31-20-14-10-18(11-15-20)25(29)28-23-21-6-4-5-7-22(21)32-24(23)26(30)27-19-12-8-17(3)9-13-19/h4-16H,1-3H3,(H,27,30)(H,28,29). The van der Waals surface area contributed by atoms with E-state index in [4.69, 9.17) is 9.15 Å². The molecule has 3 aromatic carbocycles. The summed E-state index contributed by atoms with van der Waals surface area (Å²) in [5, 5.41) is 6.32. The highest BCUT2D eigenvalue weighted by molar-refractivity contribution is 6.16. The van der Waals surface area contributed by atoms with Gasteiger partial charge in [0.1, 0.15) is 17.0 Å². The van der Waals surface area contributed by atoms with Gasteiger partial charge in [-0.3, -0.25) is 9.59 Å². The fraction of sp³-hybridized carbons (Fsp3) is 0.154. The summed E-state index contributed by atoms with van der Waals surface area (Å²) in [5.41, 5.74) is 3.01. The first-order chi connectivity index (χ1) is 15.4. The second-order valence-corrected chi connectivity index (χ2v) is 7.77. The van der Waals surface area contributed by atoms with Crippen LogP contribution in [-0.4, -0.2) is 17.9 Å². The Labute approximate surface area is 186 Å². The minimum absolute atomic E-state index is 0.0416. The molecule has 4 aromatic rings. The molecule has 0 spiro atoms. The number of furan rings is 1. The smallest absolute Gasteiger partial charge is 0.293 e. The number of carbonyl (C=O) groups is 2. The third kappa shape index (κ3) is 4.64. The van der Waals surface area contributed by atoms with Gasteiger partial charge < -0.3 is 19.8 Å². The number of aryl methyl sites for hydroxylation is 1. The first kappa shape index (κ1) is 21.2. The highest BCUT2D eigenvalue weighted by Gasteiger charge is 2.23. The number of rotatable bonds is 6. The molecule has 0 saturated heterocycles. The lowest BCUT2D eigenvalue weighted by Gasteiger charge is -2.10. The van der Waals surface area contributed by atoms with Gasteiger partial charge in [-0.15, -0.1) is 0 Å².